The van der Waals surface area contributed by atoms with Gasteiger partial charge >= 0.3 is 0 Å². The summed E-state index contributed by atoms with van der Waals surface area (Å²) in [6.45, 7) is 3.57. The molecule has 0 aliphatic heterocycles. The number of carbonyl (C=O) groups is 1. The molecule has 0 aliphatic carbocycles. The summed E-state index contributed by atoms with van der Waals surface area (Å²) < 4.78 is 4.90. The summed E-state index contributed by atoms with van der Waals surface area (Å²) in [7, 11) is 0. The molecule has 4 nitrogen and oxygen atoms in total. The van der Waals surface area contributed by atoms with Crippen LogP contribution in [0.3, 0.4) is 0 Å². The first-order chi connectivity index (χ1) is 7.70. The Bertz CT molecular complexity index is 517. The number of benzene rings is 1. The molecule has 0 atom stereocenters. The molecular formula is C12H12N2O2. The highest BCUT2D eigenvalue weighted by Crippen LogP contribution is 2.17. The number of nitrogens with zero attached hydrogens (tertiary/aromatic N) is 2. The van der Waals surface area contributed by atoms with Crippen molar-refractivity contribution in [3.05, 3.63) is 35.7 Å². The summed E-state index contributed by atoms with van der Waals surface area (Å²) in [6.07, 6.45) is 0.495. The second-order valence-electron chi connectivity index (χ2n) is 3.49. The highest BCUT2D eigenvalue weighted by atomic mass is 16.5. The van der Waals surface area contributed by atoms with E-state index >= 15 is 0 Å². The van der Waals surface area contributed by atoms with Gasteiger partial charge in [0, 0.05) is 24.5 Å². The van der Waals surface area contributed by atoms with Gasteiger partial charge in [0.2, 0.25) is 11.7 Å². The predicted octanol–water partition coefficient (Wildman–Crippen LogP) is 2.64. The third kappa shape index (κ3) is 2.00. The van der Waals surface area contributed by atoms with E-state index in [1.54, 1.807) is 19.1 Å². The molecule has 0 N–H and O–H groups in total. The van der Waals surface area contributed by atoms with E-state index in [1.165, 1.54) is 0 Å². The van der Waals surface area contributed by atoms with Crippen LogP contribution in [0.2, 0.25) is 0 Å². The summed E-state index contributed by atoms with van der Waals surface area (Å²) >= 11 is 0. The number of Topliss-reactive ketones (excluding diaryl/α,β-unsaturated/α-hetero) is 1. The van der Waals surface area contributed by atoms with Crippen molar-refractivity contribution >= 4 is 5.78 Å². The zero-order valence-electron chi connectivity index (χ0n) is 9.23. The number of ketones is 1. The summed E-state index contributed by atoms with van der Waals surface area (Å²) in [4.78, 5) is 15.7. The number of carbonyl (C=O) groups excluding carboxylic acids is 1. The van der Waals surface area contributed by atoms with Crippen molar-refractivity contribution in [3.63, 3.8) is 0 Å². The first kappa shape index (κ1) is 10.5. The molecule has 0 unspecified atom stereocenters. The van der Waals surface area contributed by atoms with Gasteiger partial charge in [-0.05, 0) is 6.07 Å². The van der Waals surface area contributed by atoms with Crippen LogP contribution in [-0.4, -0.2) is 15.9 Å². The number of aromatic nitrogens is 2. The van der Waals surface area contributed by atoms with E-state index in [2.05, 4.69) is 10.1 Å². The van der Waals surface area contributed by atoms with Crippen LogP contribution >= 0.6 is 0 Å². The van der Waals surface area contributed by atoms with Crippen molar-refractivity contribution in [3.8, 4) is 11.4 Å². The molecule has 0 radical (unpaired) electrons. The van der Waals surface area contributed by atoms with Crippen molar-refractivity contribution in [2.24, 2.45) is 0 Å². The lowest BCUT2D eigenvalue weighted by molar-refractivity contribution is 0.0988. The Morgan fingerprint density at radius 1 is 1.44 bits per heavy atom. The molecule has 1 aromatic carbocycles. The molecule has 82 valence electrons. The van der Waals surface area contributed by atoms with Crippen LogP contribution in [-0.2, 0) is 0 Å². The Balaban J connectivity index is 2.39. The summed E-state index contributed by atoms with van der Waals surface area (Å²) in [5.41, 5.74) is 1.48. The molecule has 0 spiro atoms. The molecule has 2 rings (SSSR count). The van der Waals surface area contributed by atoms with E-state index in [9.17, 15) is 4.79 Å². The quantitative estimate of drug-likeness (QED) is 0.740. The molecule has 0 bridgehead atoms. The molecule has 16 heavy (non-hydrogen) atoms. The number of rotatable bonds is 3. The molecule has 1 heterocycles. The van der Waals surface area contributed by atoms with Gasteiger partial charge in [0.25, 0.3) is 0 Å². The summed E-state index contributed by atoms with van der Waals surface area (Å²) in [6, 6.07) is 7.26. The lowest BCUT2D eigenvalue weighted by atomic mass is 10.1. The highest BCUT2D eigenvalue weighted by Gasteiger charge is 2.08. The Labute approximate surface area is 93.3 Å². The lowest BCUT2D eigenvalue weighted by Gasteiger charge is -1.99. The van der Waals surface area contributed by atoms with Gasteiger partial charge in [-0.2, -0.15) is 4.98 Å². The molecule has 4 heteroatoms. The van der Waals surface area contributed by atoms with E-state index in [0.29, 0.717) is 23.7 Å². The maximum atomic E-state index is 11.5. The van der Waals surface area contributed by atoms with Crippen molar-refractivity contribution in [2.75, 3.05) is 0 Å². The van der Waals surface area contributed by atoms with Gasteiger partial charge in [-0.1, -0.05) is 30.3 Å². The molecule has 1 aromatic heterocycles. The molecule has 2 aromatic rings. The molecule has 0 saturated heterocycles. The Morgan fingerprint density at radius 2 is 2.25 bits per heavy atom. The van der Waals surface area contributed by atoms with Crippen molar-refractivity contribution in [1.82, 2.24) is 10.1 Å². The Morgan fingerprint density at radius 3 is 2.88 bits per heavy atom. The second kappa shape index (κ2) is 4.26. The van der Waals surface area contributed by atoms with Crippen LogP contribution in [0.4, 0.5) is 0 Å². The van der Waals surface area contributed by atoms with Crippen LogP contribution in [0.15, 0.2) is 28.8 Å². The summed E-state index contributed by atoms with van der Waals surface area (Å²) in [5, 5.41) is 3.81. The van der Waals surface area contributed by atoms with E-state index < -0.39 is 0 Å². The van der Waals surface area contributed by atoms with Crippen molar-refractivity contribution in [2.45, 2.75) is 20.3 Å². The first-order valence-corrected chi connectivity index (χ1v) is 5.14. The normalized spacial score (nSPS) is 10.4. The molecule has 0 fully saturated rings. The maximum absolute atomic E-state index is 11.5. The third-order valence-electron chi connectivity index (χ3n) is 2.29. The largest absolute Gasteiger partial charge is 0.339 e. The molecule has 0 amide bonds. The van der Waals surface area contributed by atoms with Gasteiger partial charge in [0.05, 0.1) is 0 Å². The van der Waals surface area contributed by atoms with Crippen LogP contribution in [0.25, 0.3) is 11.4 Å². The minimum absolute atomic E-state index is 0.113. The topological polar surface area (TPSA) is 56.0 Å². The minimum atomic E-state index is 0.113. The number of aryl methyl sites for hydroxylation is 1. The fraction of sp³-hybridized carbons (Fsp3) is 0.250. The zero-order chi connectivity index (χ0) is 11.5. The van der Waals surface area contributed by atoms with Gasteiger partial charge in [0.1, 0.15) is 0 Å². The predicted molar refractivity (Wildman–Crippen MR) is 59.1 cm³/mol. The first-order valence-electron chi connectivity index (χ1n) is 5.14. The average Bonchev–Trinajstić information content (AvgIpc) is 2.75. The smallest absolute Gasteiger partial charge is 0.223 e. The van der Waals surface area contributed by atoms with Gasteiger partial charge in [-0.3, -0.25) is 4.79 Å². The van der Waals surface area contributed by atoms with Crippen LogP contribution in [0, 0.1) is 6.92 Å². The average molecular weight is 216 g/mol. The Kier molecular flexibility index (Phi) is 2.81. The van der Waals surface area contributed by atoms with Crippen LogP contribution in [0.5, 0.6) is 0 Å². The van der Waals surface area contributed by atoms with Gasteiger partial charge in [0.15, 0.2) is 5.78 Å². The zero-order valence-corrected chi connectivity index (χ0v) is 9.23. The van der Waals surface area contributed by atoms with Crippen molar-refractivity contribution in [1.29, 1.82) is 0 Å². The standard InChI is InChI=1S/C12H12N2O2/c1-3-11(15)9-5-4-6-10(7-9)12-13-8(2)16-14-12/h4-7H,3H2,1-2H3. The summed E-state index contributed by atoms with van der Waals surface area (Å²) in [5.74, 6) is 1.15. The van der Waals surface area contributed by atoms with E-state index in [0.717, 1.165) is 5.56 Å². The SMILES string of the molecule is CCC(=O)c1cccc(-c2noc(C)n2)c1. The minimum Gasteiger partial charge on any atom is -0.339 e. The fourth-order valence-electron chi connectivity index (χ4n) is 1.45. The van der Waals surface area contributed by atoms with Crippen molar-refractivity contribution < 1.29 is 9.32 Å². The van der Waals surface area contributed by atoms with Crippen LogP contribution < -0.4 is 0 Å². The van der Waals surface area contributed by atoms with E-state index in [1.807, 2.05) is 19.1 Å². The molecule has 0 saturated carbocycles. The van der Waals surface area contributed by atoms with Gasteiger partial charge in [-0.15, -0.1) is 0 Å². The van der Waals surface area contributed by atoms with Gasteiger partial charge < -0.3 is 4.52 Å². The van der Waals surface area contributed by atoms with Gasteiger partial charge in [-0.25, -0.2) is 0 Å². The fourth-order valence-corrected chi connectivity index (χ4v) is 1.45. The maximum Gasteiger partial charge on any atom is 0.223 e. The highest BCUT2D eigenvalue weighted by molar-refractivity contribution is 5.96. The number of hydrogen-bond acceptors (Lipinski definition) is 4. The third-order valence-corrected chi connectivity index (χ3v) is 2.29. The van der Waals surface area contributed by atoms with Crippen LogP contribution in [0.1, 0.15) is 29.6 Å². The second-order valence-corrected chi connectivity index (χ2v) is 3.49. The lowest BCUT2D eigenvalue weighted by Crippen LogP contribution is -1.96. The van der Waals surface area contributed by atoms with E-state index in [-0.39, 0.29) is 5.78 Å². The molecule has 0 aliphatic rings. The monoisotopic (exact) mass is 216 g/mol. The Hall–Kier alpha value is -1.97. The number of hydrogen-bond donors (Lipinski definition) is 0. The van der Waals surface area contributed by atoms with E-state index in [4.69, 9.17) is 4.52 Å². The molecular weight excluding hydrogens is 204 g/mol.